The monoisotopic (exact) mass is 326 g/mol. The molecule has 104 valence electrons. The van der Waals surface area contributed by atoms with Gasteiger partial charge in [0.1, 0.15) is 0 Å². The standard InChI is InChI=1S/C14H19BrN2O2/c1-9-5-11(3-4-13(9)15)17-8-10(2)16-7-12(17)6-14(18)19/h3-5,10,12,16H,6-8H2,1-2H3,(H,18,19). The summed E-state index contributed by atoms with van der Waals surface area (Å²) in [4.78, 5) is 13.2. The van der Waals surface area contributed by atoms with Crippen molar-refractivity contribution < 1.29 is 9.90 Å². The van der Waals surface area contributed by atoms with Crippen LogP contribution in [-0.2, 0) is 4.79 Å². The number of benzene rings is 1. The SMILES string of the molecule is Cc1cc(N2CC(C)NCC2CC(=O)O)ccc1Br. The lowest BCUT2D eigenvalue weighted by Crippen LogP contribution is -2.56. The second kappa shape index (κ2) is 5.92. The van der Waals surface area contributed by atoms with E-state index in [4.69, 9.17) is 5.11 Å². The molecular weight excluding hydrogens is 308 g/mol. The van der Waals surface area contributed by atoms with Gasteiger partial charge in [-0.25, -0.2) is 0 Å². The number of hydrogen-bond donors (Lipinski definition) is 2. The Labute approximate surface area is 121 Å². The molecule has 0 radical (unpaired) electrons. The fourth-order valence-corrected chi connectivity index (χ4v) is 2.71. The predicted octanol–water partition coefficient (Wildman–Crippen LogP) is 2.40. The summed E-state index contributed by atoms with van der Waals surface area (Å²) in [5.74, 6) is -0.750. The fraction of sp³-hybridized carbons (Fsp3) is 0.500. The number of aliphatic carboxylic acids is 1. The smallest absolute Gasteiger partial charge is 0.305 e. The third-order valence-corrected chi connectivity index (χ3v) is 4.39. The van der Waals surface area contributed by atoms with Crippen molar-refractivity contribution in [3.63, 3.8) is 0 Å². The van der Waals surface area contributed by atoms with Crippen LogP contribution in [0.2, 0.25) is 0 Å². The zero-order valence-electron chi connectivity index (χ0n) is 11.2. The number of carboxylic acid groups (broad SMARTS) is 1. The number of carbonyl (C=O) groups is 1. The first kappa shape index (κ1) is 14.3. The average Bonchev–Trinajstić information content (AvgIpc) is 2.34. The molecule has 1 aliphatic heterocycles. The Morgan fingerprint density at radius 2 is 2.32 bits per heavy atom. The van der Waals surface area contributed by atoms with Gasteiger partial charge in [0.05, 0.1) is 12.5 Å². The van der Waals surface area contributed by atoms with Crippen LogP contribution in [-0.4, -0.2) is 36.2 Å². The van der Waals surface area contributed by atoms with Gasteiger partial charge in [0, 0.05) is 29.3 Å². The molecular formula is C14H19BrN2O2. The lowest BCUT2D eigenvalue weighted by molar-refractivity contribution is -0.137. The van der Waals surface area contributed by atoms with Gasteiger partial charge in [0.25, 0.3) is 0 Å². The summed E-state index contributed by atoms with van der Waals surface area (Å²) in [5, 5.41) is 12.4. The minimum atomic E-state index is -0.750. The van der Waals surface area contributed by atoms with Gasteiger partial charge in [0.15, 0.2) is 0 Å². The number of hydrogen-bond acceptors (Lipinski definition) is 3. The van der Waals surface area contributed by atoms with Crippen LogP contribution >= 0.6 is 15.9 Å². The molecule has 4 nitrogen and oxygen atoms in total. The van der Waals surface area contributed by atoms with E-state index >= 15 is 0 Å². The highest BCUT2D eigenvalue weighted by Crippen LogP contribution is 2.26. The van der Waals surface area contributed by atoms with Crippen LogP contribution in [0.15, 0.2) is 22.7 Å². The van der Waals surface area contributed by atoms with Gasteiger partial charge in [-0.15, -0.1) is 0 Å². The van der Waals surface area contributed by atoms with E-state index in [-0.39, 0.29) is 12.5 Å². The van der Waals surface area contributed by atoms with Crippen LogP contribution < -0.4 is 10.2 Å². The highest BCUT2D eigenvalue weighted by atomic mass is 79.9. The molecule has 0 saturated carbocycles. The van der Waals surface area contributed by atoms with Crippen molar-refractivity contribution in [3.05, 3.63) is 28.2 Å². The molecule has 0 aromatic heterocycles. The molecule has 2 atom stereocenters. The Morgan fingerprint density at radius 1 is 1.58 bits per heavy atom. The maximum absolute atomic E-state index is 11.0. The second-order valence-electron chi connectivity index (χ2n) is 5.15. The number of nitrogens with zero attached hydrogens (tertiary/aromatic N) is 1. The molecule has 5 heteroatoms. The molecule has 1 aliphatic rings. The topological polar surface area (TPSA) is 52.6 Å². The first-order valence-electron chi connectivity index (χ1n) is 6.45. The van der Waals surface area contributed by atoms with Crippen molar-refractivity contribution in [2.75, 3.05) is 18.0 Å². The Balaban J connectivity index is 2.25. The van der Waals surface area contributed by atoms with E-state index in [9.17, 15) is 4.79 Å². The van der Waals surface area contributed by atoms with Crippen molar-refractivity contribution in [2.45, 2.75) is 32.4 Å². The number of aryl methyl sites for hydroxylation is 1. The van der Waals surface area contributed by atoms with E-state index in [1.165, 1.54) is 0 Å². The van der Waals surface area contributed by atoms with E-state index in [1.54, 1.807) is 0 Å². The summed E-state index contributed by atoms with van der Waals surface area (Å²) < 4.78 is 1.08. The molecule has 19 heavy (non-hydrogen) atoms. The first-order chi connectivity index (χ1) is 8.97. The maximum Gasteiger partial charge on any atom is 0.305 e. The quantitative estimate of drug-likeness (QED) is 0.895. The van der Waals surface area contributed by atoms with E-state index in [0.29, 0.717) is 12.6 Å². The summed E-state index contributed by atoms with van der Waals surface area (Å²) in [6.07, 6.45) is 0.162. The second-order valence-corrected chi connectivity index (χ2v) is 6.00. The summed E-state index contributed by atoms with van der Waals surface area (Å²) in [5.41, 5.74) is 2.26. The molecule has 1 fully saturated rings. The molecule has 0 aliphatic carbocycles. The zero-order chi connectivity index (χ0) is 14.0. The van der Waals surface area contributed by atoms with Gasteiger partial charge in [-0.2, -0.15) is 0 Å². The Kier molecular flexibility index (Phi) is 4.47. The van der Waals surface area contributed by atoms with Gasteiger partial charge in [-0.1, -0.05) is 15.9 Å². The van der Waals surface area contributed by atoms with Gasteiger partial charge < -0.3 is 15.3 Å². The molecule has 1 saturated heterocycles. The highest BCUT2D eigenvalue weighted by molar-refractivity contribution is 9.10. The molecule has 1 aromatic rings. The van der Waals surface area contributed by atoms with Crippen molar-refractivity contribution >= 4 is 27.6 Å². The number of carboxylic acids is 1. The summed E-state index contributed by atoms with van der Waals surface area (Å²) in [7, 11) is 0. The van der Waals surface area contributed by atoms with Gasteiger partial charge in [-0.3, -0.25) is 4.79 Å². The Bertz CT molecular complexity index is 479. The Morgan fingerprint density at radius 3 is 2.95 bits per heavy atom. The summed E-state index contributed by atoms with van der Waals surface area (Å²) in [6.45, 7) is 5.71. The normalized spacial score (nSPS) is 23.4. The fourth-order valence-electron chi connectivity index (χ4n) is 2.46. The number of rotatable bonds is 3. The lowest BCUT2D eigenvalue weighted by atomic mass is 10.0. The minimum absolute atomic E-state index is 0.00859. The van der Waals surface area contributed by atoms with E-state index in [2.05, 4.69) is 39.1 Å². The summed E-state index contributed by atoms with van der Waals surface area (Å²) in [6, 6.07) is 6.55. The highest BCUT2D eigenvalue weighted by Gasteiger charge is 2.27. The van der Waals surface area contributed by atoms with E-state index in [0.717, 1.165) is 22.3 Å². The van der Waals surface area contributed by atoms with Crippen LogP contribution in [0.1, 0.15) is 18.9 Å². The first-order valence-corrected chi connectivity index (χ1v) is 7.24. The van der Waals surface area contributed by atoms with Gasteiger partial charge in [0.2, 0.25) is 0 Å². The summed E-state index contributed by atoms with van der Waals surface area (Å²) >= 11 is 3.50. The average molecular weight is 327 g/mol. The number of piperazine rings is 1. The molecule has 0 bridgehead atoms. The third kappa shape index (κ3) is 3.48. The zero-order valence-corrected chi connectivity index (χ0v) is 12.8. The van der Waals surface area contributed by atoms with Crippen molar-refractivity contribution in [1.29, 1.82) is 0 Å². The molecule has 2 N–H and O–H groups in total. The van der Waals surface area contributed by atoms with Crippen LogP contribution in [0.4, 0.5) is 5.69 Å². The van der Waals surface area contributed by atoms with Crippen LogP contribution in [0, 0.1) is 6.92 Å². The van der Waals surface area contributed by atoms with Crippen LogP contribution in [0.25, 0.3) is 0 Å². The van der Waals surface area contributed by atoms with Crippen molar-refractivity contribution in [3.8, 4) is 0 Å². The van der Waals surface area contributed by atoms with Gasteiger partial charge in [-0.05, 0) is 37.6 Å². The van der Waals surface area contributed by atoms with Crippen molar-refractivity contribution in [1.82, 2.24) is 5.32 Å². The van der Waals surface area contributed by atoms with E-state index in [1.807, 2.05) is 19.1 Å². The molecule has 1 aromatic carbocycles. The largest absolute Gasteiger partial charge is 0.481 e. The maximum atomic E-state index is 11.0. The third-order valence-electron chi connectivity index (χ3n) is 3.50. The molecule has 2 unspecified atom stereocenters. The minimum Gasteiger partial charge on any atom is -0.481 e. The van der Waals surface area contributed by atoms with Crippen LogP contribution in [0.5, 0.6) is 0 Å². The predicted molar refractivity (Wildman–Crippen MR) is 79.7 cm³/mol. The van der Waals surface area contributed by atoms with E-state index < -0.39 is 5.97 Å². The Hall–Kier alpha value is -1.07. The molecule has 0 spiro atoms. The number of anilines is 1. The van der Waals surface area contributed by atoms with Crippen molar-refractivity contribution in [2.24, 2.45) is 0 Å². The molecule has 1 heterocycles. The number of nitrogens with one attached hydrogen (secondary N) is 1. The molecule has 2 rings (SSSR count). The van der Waals surface area contributed by atoms with Gasteiger partial charge >= 0.3 is 5.97 Å². The molecule has 0 amide bonds. The number of halogens is 1. The lowest BCUT2D eigenvalue weighted by Gasteiger charge is -2.40. The van der Waals surface area contributed by atoms with Crippen LogP contribution in [0.3, 0.4) is 0 Å².